The zero-order chi connectivity index (χ0) is 35.5. The van der Waals surface area contributed by atoms with Gasteiger partial charge in [-0.3, -0.25) is 0 Å². The highest BCUT2D eigenvalue weighted by Gasteiger charge is 2.38. The summed E-state index contributed by atoms with van der Waals surface area (Å²) in [6, 6.07) is 74.0. The van der Waals surface area contributed by atoms with Crippen LogP contribution in [0.15, 0.2) is 200 Å². The van der Waals surface area contributed by atoms with E-state index in [1.54, 1.807) is 0 Å². The predicted molar refractivity (Wildman–Crippen MR) is 221 cm³/mol. The molecule has 0 nitrogen and oxygen atoms in total. The summed E-state index contributed by atoms with van der Waals surface area (Å²) in [5.41, 5.74) is 17.8. The molecule has 0 unspecified atom stereocenters. The Balaban J connectivity index is 1.34. The summed E-state index contributed by atoms with van der Waals surface area (Å²) in [5.74, 6) is 0. The van der Waals surface area contributed by atoms with E-state index in [2.05, 4.69) is 221 Å². The van der Waals surface area contributed by atoms with Gasteiger partial charge >= 0.3 is 0 Å². The second-order valence-corrected chi connectivity index (χ2v) is 14.0. The van der Waals surface area contributed by atoms with Gasteiger partial charge in [0, 0.05) is 0 Å². The Morgan fingerprint density at radius 2 is 0.404 bits per heavy atom. The van der Waals surface area contributed by atoms with Crippen LogP contribution in [0, 0.1) is 20.8 Å². The van der Waals surface area contributed by atoms with Gasteiger partial charge in [-0.1, -0.05) is 217 Å². The van der Waals surface area contributed by atoms with Crippen LogP contribution in [0.2, 0.25) is 0 Å². The molecule has 0 saturated heterocycles. The van der Waals surface area contributed by atoms with E-state index in [1.165, 1.54) is 83.5 Å². The van der Waals surface area contributed by atoms with Crippen molar-refractivity contribution in [2.45, 2.75) is 26.2 Å². The van der Waals surface area contributed by atoms with Crippen LogP contribution in [0.5, 0.6) is 0 Å². The van der Waals surface area contributed by atoms with E-state index < -0.39 is 5.41 Å². The zero-order valence-corrected chi connectivity index (χ0v) is 30.1. The molecule has 0 aliphatic carbocycles. The van der Waals surface area contributed by atoms with E-state index >= 15 is 0 Å². The van der Waals surface area contributed by atoms with Crippen molar-refractivity contribution in [3.63, 3.8) is 0 Å². The van der Waals surface area contributed by atoms with Crippen molar-refractivity contribution in [2.75, 3.05) is 0 Å². The molecule has 8 rings (SSSR count). The van der Waals surface area contributed by atoms with Crippen LogP contribution in [0.1, 0.15) is 38.9 Å². The lowest BCUT2D eigenvalue weighted by molar-refractivity contribution is 0.745. The maximum absolute atomic E-state index is 2.34. The van der Waals surface area contributed by atoms with Gasteiger partial charge in [-0.25, -0.2) is 0 Å². The van der Waals surface area contributed by atoms with Crippen molar-refractivity contribution in [2.24, 2.45) is 0 Å². The summed E-state index contributed by atoms with van der Waals surface area (Å²) >= 11 is 0. The SMILES string of the molecule is Cc1ccc(-c2ccc(C(c3ccc(-c4ccccc4)cc3)(c3ccc(-c4ccc(C)cc4)cc3)c3ccc(-c4ccc(C)cc4)cc3)cc2)cc1. The van der Waals surface area contributed by atoms with Crippen LogP contribution >= 0.6 is 0 Å². The average molecular weight is 667 g/mol. The first kappa shape index (κ1) is 32.9. The van der Waals surface area contributed by atoms with Gasteiger partial charge in [-0.2, -0.15) is 0 Å². The monoisotopic (exact) mass is 666 g/mol. The molecule has 0 amide bonds. The van der Waals surface area contributed by atoms with Crippen molar-refractivity contribution in [3.05, 3.63) is 239 Å². The molecule has 0 aromatic heterocycles. The minimum absolute atomic E-state index is 0.585. The first-order valence-electron chi connectivity index (χ1n) is 18.2. The molecule has 0 heterocycles. The van der Waals surface area contributed by atoms with Crippen molar-refractivity contribution in [3.8, 4) is 44.5 Å². The van der Waals surface area contributed by atoms with E-state index in [1.807, 2.05) is 0 Å². The van der Waals surface area contributed by atoms with Crippen LogP contribution in [0.3, 0.4) is 0 Å². The maximum atomic E-state index is 2.34. The fraction of sp³-hybridized carbons (Fsp3) is 0.0769. The van der Waals surface area contributed by atoms with E-state index in [-0.39, 0.29) is 0 Å². The van der Waals surface area contributed by atoms with Crippen LogP contribution < -0.4 is 0 Å². The van der Waals surface area contributed by atoms with E-state index in [0.29, 0.717) is 0 Å². The molecule has 0 fully saturated rings. The van der Waals surface area contributed by atoms with Gasteiger partial charge in [0.25, 0.3) is 0 Å². The Bertz CT molecular complexity index is 2160. The third-order valence-electron chi connectivity index (χ3n) is 10.5. The van der Waals surface area contributed by atoms with Crippen LogP contribution in [0.4, 0.5) is 0 Å². The lowest BCUT2D eigenvalue weighted by Crippen LogP contribution is -2.31. The zero-order valence-electron chi connectivity index (χ0n) is 30.1. The Morgan fingerprint density at radius 3 is 0.635 bits per heavy atom. The number of rotatable bonds is 8. The Hall–Kier alpha value is -6.24. The summed E-state index contributed by atoms with van der Waals surface area (Å²) in [7, 11) is 0. The van der Waals surface area contributed by atoms with E-state index in [4.69, 9.17) is 0 Å². The van der Waals surface area contributed by atoms with E-state index in [0.717, 1.165) is 0 Å². The Kier molecular flexibility index (Phi) is 8.98. The van der Waals surface area contributed by atoms with Gasteiger partial charge in [0.1, 0.15) is 0 Å². The summed E-state index contributed by atoms with van der Waals surface area (Å²) in [4.78, 5) is 0. The maximum Gasteiger partial charge on any atom is 0.0701 e. The fourth-order valence-electron chi connectivity index (χ4n) is 7.52. The molecular formula is C52H42. The van der Waals surface area contributed by atoms with Gasteiger partial charge < -0.3 is 0 Å². The highest BCUT2D eigenvalue weighted by atomic mass is 14.4. The smallest absolute Gasteiger partial charge is 0.0622 e. The van der Waals surface area contributed by atoms with Gasteiger partial charge in [-0.15, -0.1) is 0 Å². The molecule has 0 aliphatic heterocycles. The first-order valence-corrected chi connectivity index (χ1v) is 18.2. The molecular weight excluding hydrogens is 625 g/mol. The molecule has 250 valence electrons. The standard InChI is InChI=1S/C52H42/c1-37-9-15-41(16-10-37)45-23-31-49(32-24-45)52(48-29-21-44(22-30-48)40-7-5-4-6-8-40,50-33-25-46(26-34-50)42-17-11-38(2)12-18-42)51-35-27-47(28-36-51)43-19-13-39(3)14-20-43/h4-36H,1-3H3. The number of aryl methyl sites for hydroxylation is 3. The van der Waals surface area contributed by atoms with Crippen molar-refractivity contribution in [1.82, 2.24) is 0 Å². The minimum Gasteiger partial charge on any atom is -0.0622 e. The summed E-state index contributed by atoms with van der Waals surface area (Å²) in [6.07, 6.45) is 0. The van der Waals surface area contributed by atoms with Gasteiger partial charge in [0.2, 0.25) is 0 Å². The molecule has 0 heteroatoms. The summed E-state index contributed by atoms with van der Waals surface area (Å²) < 4.78 is 0. The highest BCUT2D eigenvalue weighted by Crippen LogP contribution is 2.47. The normalized spacial score (nSPS) is 11.4. The molecule has 0 bridgehead atoms. The minimum atomic E-state index is -0.585. The van der Waals surface area contributed by atoms with Crippen LogP contribution in [-0.2, 0) is 5.41 Å². The molecule has 8 aromatic rings. The van der Waals surface area contributed by atoms with Gasteiger partial charge in [0.05, 0.1) is 5.41 Å². The van der Waals surface area contributed by atoms with Crippen LogP contribution in [0.25, 0.3) is 44.5 Å². The molecule has 0 N–H and O–H groups in total. The Labute approximate surface area is 308 Å². The summed E-state index contributed by atoms with van der Waals surface area (Å²) in [6.45, 7) is 6.41. The van der Waals surface area contributed by atoms with Crippen molar-refractivity contribution in [1.29, 1.82) is 0 Å². The Morgan fingerprint density at radius 1 is 0.212 bits per heavy atom. The predicted octanol–water partition coefficient (Wildman–Crippen LogP) is 13.7. The van der Waals surface area contributed by atoms with Gasteiger partial charge in [0.15, 0.2) is 0 Å². The highest BCUT2D eigenvalue weighted by molar-refractivity contribution is 5.72. The average Bonchev–Trinajstić information content (AvgIpc) is 3.20. The molecule has 0 aliphatic rings. The third-order valence-corrected chi connectivity index (χ3v) is 10.5. The molecule has 52 heavy (non-hydrogen) atoms. The second kappa shape index (κ2) is 14.2. The fourth-order valence-corrected chi connectivity index (χ4v) is 7.52. The lowest BCUT2D eigenvalue weighted by atomic mass is 9.64. The summed E-state index contributed by atoms with van der Waals surface area (Å²) in [5, 5.41) is 0. The second-order valence-electron chi connectivity index (χ2n) is 14.0. The largest absolute Gasteiger partial charge is 0.0701 e. The number of hydrogen-bond acceptors (Lipinski definition) is 0. The van der Waals surface area contributed by atoms with Crippen molar-refractivity contribution >= 4 is 0 Å². The molecule has 0 spiro atoms. The quantitative estimate of drug-likeness (QED) is 0.142. The van der Waals surface area contributed by atoms with Crippen molar-refractivity contribution < 1.29 is 0 Å². The number of hydrogen-bond donors (Lipinski definition) is 0. The van der Waals surface area contributed by atoms with Crippen LogP contribution in [-0.4, -0.2) is 0 Å². The number of benzene rings is 8. The van der Waals surface area contributed by atoms with Gasteiger partial charge in [-0.05, 0) is 87.5 Å². The lowest BCUT2D eigenvalue weighted by Gasteiger charge is -2.37. The molecule has 0 atom stereocenters. The van der Waals surface area contributed by atoms with E-state index in [9.17, 15) is 0 Å². The molecule has 0 radical (unpaired) electrons. The molecule has 8 aromatic carbocycles. The first-order chi connectivity index (χ1) is 25.5. The molecule has 0 saturated carbocycles. The topological polar surface area (TPSA) is 0 Å². The third kappa shape index (κ3) is 6.41.